The molecule has 1 spiro atoms. The maximum atomic E-state index is 13.8. The van der Waals surface area contributed by atoms with E-state index < -0.39 is 0 Å². The molecule has 0 amide bonds. The first-order chi connectivity index (χ1) is 14.0. The van der Waals surface area contributed by atoms with Crippen LogP contribution in [0.1, 0.15) is 30.2 Å². The predicted octanol–water partition coefficient (Wildman–Crippen LogP) is 4.03. The predicted molar refractivity (Wildman–Crippen MR) is 110 cm³/mol. The Morgan fingerprint density at radius 1 is 1.10 bits per heavy atom. The summed E-state index contributed by atoms with van der Waals surface area (Å²) in [6.07, 6.45) is 3.98. The van der Waals surface area contributed by atoms with E-state index >= 15 is 0 Å². The van der Waals surface area contributed by atoms with Crippen molar-refractivity contribution < 1.29 is 8.81 Å². The molecule has 1 fully saturated rings. The van der Waals surface area contributed by atoms with Gasteiger partial charge in [-0.1, -0.05) is 12.1 Å². The van der Waals surface area contributed by atoms with E-state index in [0.717, 1.165) is 74.2 Å². The molecule has 3 aromatic rings. The summed E-state index contributed by atoms with van der Waals surface area (Å²) in [7, 11) is 2.21. The number of hydrogen-bond donors (Lipinski definition) is 0. The highest BCUT2D eigenvalue weighted by Gasteiger charge is 2.45. The number of hydrogen-bond acceptors (Lipinski definition) is 4. The number of fused-ring (bicyclic) bond motifs is 2. The molecule has 5 nitrogen and oxygen atoms in total. The van der Waals surface area contributed by atoms with Crippen LogP contribution in [0.4, 0.5) is 4.39 Å². The number of imidazole rings is 1. The Morgan fingerprint density at radius 2 is 1.93 bits per heavy atom. The van der Waals surface area contributed by atoms with Crippen LogP contribution in [0.15, 0.2) is 47.0 Å². The maximum absolute atomic E-state index is 13.8. The molecular weight excluding hydrogens is 367 g/mol. The van der Waals surface area contributed by atoms with Crippen LogP contribution < -0.4 is 0 Å². The first-order valence-electron chi connectivity index (χ1n) is 10.4. The van der Waals surface area contributed by atoms with E-state index in [1.807, 2.05) is 25.3 Å². The Balaban J connectivity index is 1.41. The maximum Gasteiger partial charge on any atom is 0.129 e. The number of aromatic nitrogens is 2. The van der Waals surface area contributed by atoms with Crippen molar-refractivity contribution in [3.8, 4) is 11.3 Å². The molecular formula is C23H27FN4O. The van der Waals surface area contributed by atoms with Crippen molar-refractivity contribution in [1.82, 2.24) is 19.4 Å². The van der Waals surface area contributed by atoms with Crippen LogP contribution >= 0.6 is 0 Å². The summed E-state index contributed by atoms with van der Waals surface area (Å²) in [4.78, 5) is 9.80. The van der Waals surface area contributed by atoms with Gasteiger partial charge in [0.2, 0.25) is 0 Å². The molecule has 29 heavy (non-hydrogen) atoms. The van der Waals surface area contributed by atoms with Crippen molar-refractivity contribution in [2.24, 2.45) is 0 Å². The van der Waals surface area contributed by atoms with Crippen molar-refractivity contribution in [1.29, 1.82) is 0 Å². The zero-order valence-corrected chi connectivity index (χ0v) is 17.1. The normalized spacial score (nSPS) is 19.6. The summed E-state index contributed by atoms with van der Waals surface area (Å²) in [5.74, 6) is 2.92. The van der Waals surface area contributed by atoms with Crippen molar-refractivity contribution >= 4 is 0 Å². The van der Waals surface area contributed by atoms with Gasteiger partial charge in [-0.15, -0.1) is 0 Å². The monoisotopic (exact) mass is 394 g/mol. The quantitative estimate of drug-likeness (QED) is 0.672. The van der Waals surface area contributed by atoms with Crippen LogP contribution in [-0.2, 0) is 18.6 Å². The first kappa shape index (κ1) is 18.6. The molecule has 0 atom stereocenters. The molecule has 2 aliphatic rings. The number of rotatable bonds is 3. The largest absolute Gasteiger partial charge is 0.465 e. The van der Waals surface area contributed by atoms with Crippen molar-refractivity contribution in [2.45, 2.75) is 38.4 Å². The summed E-state index contributed by atoms with van der Waals surface area (Å²) in [6, 6.07) is 10.9. The summed E-state index contributed by atoms with van der Waals surface area (Å²) >= 11 is 0. The molecule has 1 saturated heterocycles. The van der Waals surface area contributed by atoms with Gasteiger partial charge < -0.3 is 8.98 Å². The summed E-state index contributed by atoms with van der Waals surface area (Å²) in [6.45, 7) is 6.72. The van der Waals surface area contributed by atoms with E-state index in [4.69, 9.17) is 9.40 Å². The minimum Gasteiger partial charge on any atom is -0.465 e. The van der Waals surface area contributed by atoms with Crippen LogP contribution in [0, 0.1) is 12.7 Å². The van der Waals surface area contributed by atoms with Gasteiger partial charge in [-0.25, -0.2) is 9.37 Å². The molecule has 0 aliphatic carbocycles. The second-order valence-corrected chi connectivity index (χ2v) is 8.37. The fourth-order valence-electron chi connectivity index (χ4n) is 4.96. The molecule has 2 aliphatic heterocycles. The Hall–Kier alpha value is -2.44. The van der Waals surface area contributed by atoms with Crippen LogP contribution in [0.25, 0.3) is 11.3 Å². The van der Waals surface area contributed by atoms with Gasteiger partial charge >= 0.3 is 0 Å². The molecule has 4 heterocycles. The van der Waals surface area contributed by atoms with Crippen LogP contribution in [-0.4, -0.2) is 46.0 Å². The molecule has 2 aromatic heterocycles. The molecule has 5 rings (SSSR count). The van der Waals surface area contributed by atoms with Crippen molar-refractivity contribution in [2.75, 3.05) is 26.7 Å². The van der Waals surface area contributed by atoms with E-state index in [-0.39, 0.29) is 11.4 Å². The van der Waals surface area contributed by atoms with Crippen LogP contribution in [0.2, 0.25) is 0 Å². The number of piperidine rings is 1. The fourth-order valence-corrected chi connectivity index (χ4v) is 4.96. The topological polar surface area (TPSA) is 37.4 Å². The van der Waals surface area contributed by atoms with Crippen LogP contribution in [0.3, 0.4) is 0 Å². The lowest BCUT2D eigenvalue weighted by atomic mass is 9.83. The van der Waals surface area contributed by atoms with E-state index in [9.17, 15) is 4.39 Å². The third kappa shape index (κ3) is 3.20. The lowest BCUT2D eigenvalue weighted by Gasteiger charge is -2.49. The highest BCUT2D eigenvalue weighted by molar-refractivity contribution is 5.60. The van der Waals surface area contributed by atoms with Crippen molar-refractivity contribution in [3.05, 3.63) is 65.8 Å². The molecule has 0 unspecified atom stereocenters. The fraction of sp³-hybridized carbons (Fsp3) is 0.435. The summed E-state index contributed by atoms with van der Waals surface area (Å²) < 4.78 is 21.8. The zero-order valence-electron chi connectivity index (χ0n) is 17.1. The molecule has 0 saturated carbocycles. The van der Waals surface area contributed by atoms with Gasteiger partial charge in [0, 0.05) is 31.7 Å². The summed E-state index contributed by atoms with van der Waals surface area (Å²) in [5, 5.41) is 0. The Labute approximate surface area is 170 Å². The number of likely N-dealkylation sites (tertiary alicyclic amines) is 1. The SMILES string of the molecule is Cc1ccc(CN2CCC3(CC2)c2ncc(-c4cccc(F)c4)n2CCN3C)o1. The minimum atomic E-state index is -0.206. The second-order valence-electron chi connectivity index (χ2n) is 8.37. The van der Waals surface area contributed by atoms with E-state index in [1.54, 1.807) is 12.1 Å². The third-order valence-electron chi connectivity index (χ3n) is 6.64. The van der Waals surface area contributed by atoms with Gasteiger partial charge in [0.15, 0.2) is 0 Å². The molecule has 152 valence electrons. The van der Waals surface area contributed by atoms with Gasteiger partial charge in [-0.3, -0.25) is 9.80 Å². The smallest absolute Gasteiger partial charge is 0.129 e. The average molecular weight is 394 g/mol. The molecule has 0 N–H and O–H groups in total. The Morgan fingerprint density at radius 3 is 2.66 bits per heavy atom. The van der Waals surface area contributed by atoms with E-state index in [0.29, 0.717) is 0 Å². The van der Waals surface area contributed by atoms with Crippen molar-refractivity contribution in [3.63, 3.8) is 0 Å². The van der Waals surface area contributed by atoms with Gasteiger partial charge in [-0.2, -0.15) is 0 Å². The third-order valence-corrected chi connectivity index (χ3v) is 6.64. The van der Waals surface area contributed by atoms with Gasteiger partial charge in [0.1, 0.15) is 23.2 Å². The van der Waals surface area contributed by atoms with E-state index in [1.165, 1.54) is 6.07 Å². The number of nitrogens with zero attached hydrogens (tertiary/aromatic N) is 4. The molecule has 1 aromatic carbocycles. The minimum absolute atomic E-state index is 0.0561. The number of halogens is 1. The van der Waals surface area contributed by atoms with E-state index in [2.05, 4.69) is 27.5 Å². The van der Waals surface area contributed by atoms with Crippen LogP contribution in [0.5, 0.6) is 0 Å². The average Bonchev–Trinajstić information content (AvgIpc) is 3.33. The highest BCUT2D eigenvalue weighted by atomic mass is 19.1. The number of likely N-dealkylation sites (N-methyl/N-ethyl adjacent to an activating group) is 1. The first-order valence-corrected chi connectivity index (χ1v) is 10.4. The number of furan rings is 1. The molecule has 0 bridgehead atoms. The highest BCUT2D eigenvalue weighted by Crippen LogP contribution is 2.41. The van der Waals surface area contributed by atoms with Gasteiger partial charge in [0.05, 0.1) is 24.0 Å². The lowest BCUT2D eigenvalue weighted by molar-refractivity contribution is 0.00544. The lowest BCUT2D eigenvalue weighted by Crippen LogP contribution is -2.56. The summed E-state index contributed by atoms with van der Waals surface area (Å²) in [5.41, 5.74) is 1.86. The number of aryl methyl sites for hydroxylation is 1. The Kier molecular flexibility index (Phi) is 4.56. The van der Waals surface area contributed by atoms with Gasteiger partial charge in [-0.05, 0) is 51.1 Å². The van der Waals surface area contributed by atoms with Gasteiger partial charge in [0.25, 0.3) is 0 Å². The number of benzene rings is 1. The zero-order chi connectivity index (χ0) is 20.0. The molecule has 0 radical (unpaired) electrons. The second kappa shape index (κ2) is 7.11. The molecule has 6 heteroatoms. The Bertz CT molecular complexity index is 1020. The standard InChI is InChI=1S/C23H27FN4O/c1-17-6-7-20(29-17)16-27-10-8-23(9-11-27)22-25-15-21(28(22)13-12-26(23)2)18-4-3-5-19(24)14-18/h3-7,14-15H,8-13,16H2,1-2H3.